The van der Waals surface area contributed by atoms with Gasteiger partial charge in [0.15, 0.2) is 0 Å². The number of hydrogen-bond acceptors (Lipinski definition) is 5. The van der Waals surface area contributed by atoms with Crippen LogP contribution in [-0.2, 0) is 4.74 Å². The molecule has 7 heteroatoms. The van der Waals surface area contributed by atoms with E-state index in [0.717, 1.165) is 12.8 Å². The number of benzene rings is 1. The second kappa shape index (κ2) is 6.53. The van der Waals surface area contributed by atoms with Crippen molar-refractivity contribution in [3.8, 4) is 0 Å². The molecule has 0 saturated carbocycles. The number of carbonyl (C=O) groups is 1. The Balaban J connectivity index is 2.14. The third kappa shape index (κ3) is 3.49. The van der Waals surface area contributed by atoms with Crippen LogP contribution in [0.2, 0.25) is 0 Å². The zero-order valence-electron chi connectivity index (χ0n) is 11.9. The first-order chi connectivity index (χ1) is 10.0. The van der Waals surface area contributed by atoms with Crippen LogP contribution in [0.5, 0.6) is 0 Å². The molecular weight excluding hydrogens is 274 g/mol. The Kier molecular flexibility index (Phi) is 4.74. The summed E-state index contributed by atoms with van der Waals surface area (Å²) in [6.07, 6.45) is 1.69. The van der Waals surface area contributed by atoms with E-state index in [1.165, 1.54) is 18.2 Å². The van der Waals surface area contributed by atoms with Gasteiger partial charge in [-0.2, -0.15) is 0 Å². The Hall–Kier alpha value is -2.15. The first kappa shape index (κ1) is 15.2. The highest BCUT2D eigenvalue weighted by atomic mass is 16.6. The number of carbonyl (C=O) groups excluding carboxylic acids is 1. The van der Waals surface area contributed by atoms with Crippen LogP contribution in [0.25, 0.3) is 0 Å². The number of methoxy groups -OCH3 is 1. The standard InChI is InChI=1S/C14H19N3O4/c1-21-9-10-4-6-16(7-5-10)14(18)12-8-11(15)2-3-13(12)17(19)20/h2-3,8,10H,4-7,9,15H2,1H3. The molecule has 2 rings (SSSR count). The van der Waals surface area contributed by atoms with E-state index in [0.29, 0.717) is 31.3 Å². The third-order valence-corrected chi connectivity index (χ3v) is 3.75. The summed E-state index contributed by atoms with van der Waals surface area (Å²) >= 11 is 0. The van der Waals surface area contributed by atoms with E-state index in [1.54, 1.807) is 12.0 Å². The van der Waals surface area contributed by atoms with Crippen molar-refractivity contribution in [2.45, 2.75) is 12.8 Å². The number of ether oxygens (including phenoxy) is 1. The molecule has 0 aliphatic carbocycles. The van der Waals surface area contributed by atoms with Gasteiger partial charge in [0.1, 0.15) is 5.56 Å². The average molecular weight is 293 g/mol. The summed E-state index contributed by atoms with van der Waals surface area (Å²) in [7, 11) is 1.66. The molecule has 1 fully saturated rings. The summed E-state index contributed by atoms with van der Waals surface area (Å²) in [4.78, 5) is 24.6. The van der Waals surface area contributed by atoms with Crippen LogP contribution in [-0.4, -0.2) is 42.5 Å². The van der Waals surface area contributed by atoms with Gasteiger partial charge < -0.3 is 15.4 Å². The molecule has 21 heavy (non-hydrogen) atoms. The highest BCUT2D eigenvalue weighted by Crippen LogP contribution is 2.25. The molecule has 1 amide bonds. The number of nitrogen functional groups attached to an aromatic ring is 1. The van der Waals surface area contributed by atoms with Crippen LogP contribution < -0.4 is 5.73 Å². The van der Waals surface area contributed by atoms with Gasteiger partial charge in [0.25, 0.3) is 11.6 Å². The molecule has 2 N–H and O–H groups in total. The Labute approximate surface area is 122 Å². The number of nitrogens with zero attached hydrogens (tertiary/aromatic N) is 2. The summed E-state index contributed by atoms with van der Waals surface area (Å²) < 4.78 is 5.12. The van der Waals surface area contributed by atoms with E-state index < -0.39 is 4.92 Å². The van der Waals surface area contributed by atoms with E-state index in [2.05, 4.69) is 0 Å². The molecule has 1 aromatic rings. The van der Waals surface area contributed by atoms with Crippen LogP contribution in [0.3, 0.4) is 0 Å². The summed E-state index contributed by atoms with van der Waals surface area (Å²) in [6.45, 7) is 1.85. The number of nitro benzene ring substituents is 1. The van der Waals surface area contributed by atoms with Crippen molar-refractivity contribution in [2.24, 2.45) is 5.92 Å². The molecular formula is C14H19N3O4. The molecule has 0 bridgehead atoms. The molecule has 1 saturated heterocycles. The minimum absolute atomic E-state index is 0.0604. The summed E-state index contributed by atoms with van der Waals surface area (Å²) in [5.74, 6) is 0.111. The highest BCUT2D eigenvalue weighted by molar-refractivity contribution is 5.99. The largest absolute Gasteiger partial charge is 0.399 e. The second-order valence-electron chi connectivity index (χ2n) is 5.22. The van der Waals surface area contributed by atoms with E-state index in [1.807, 2.05) is 0 Å². The average Bonchev–Trinajstić information content (AvgIpc) is 2.47. The first-order valence-electron chi connectivity index (χ1n) is 6.85. The Morgan fingerprint density at radius 1 is 1.48 bits per heavy atom. The van der Waals surface area contributed by atoms with Crippen LogP contribution in [0.1, 0.15) is 23.2 Å². The lowest BCUT2D eigenvalue weighted by molar-refractivity contribution is -0.385. The van der Waals surface area contributed by atoms with E-state index in [9.17, 15) is 14.9 Å². The molecule has 1 aromatic carbocycles. The van der Waals surface area contributed by atoms with Gasteiger partial charge >= 0.3 is 0 Å². The molecule has 0 unspecified atom stereocenters. The normalized spacial score (nSPS) is 16.0. The topological polar surface area (TPSA) is 98.7 Å². The number of rotatable bonds is 4. The zero-order valence-corrected chi connectivity index (χ0v) is 11.9. The van der Waals surface area contributed by atoms with E-state index >= 15 is 0 Å². The Morgan fingerprint density at radius 2 is 2.14 bits per heavy atom. The third-order valence-electron chi connectivity index (χ3n) is 3.75. The highest BCUT2D eigenvalue weighted by Gasteiger charge is 2.28. The van der Waals surface area contributed by atoms with Gasteiger partial charge in [-0.15, -0.1) is 0 Å². The first-order valence-corrected chi connectivity index (χ1v) is 6.85. The molecule has 1 aliphatic rings. The zero-order chi connectivity index (χ0) is 15.4. The predicted molar refractivity (Wildman–Crippen MR) is 78.0 cm³/mol. The minimum atomic E-state index is -0.551. The molecule has 0 atom stereocenters. The van der Waals surface area contributed by atoms with Gasteiger partial charge in [-0.25, -0.2) is 0 Å². The number of piperidine rings is 1. The fourth-order valence-corrected chi connectivity index (χ4v) is 2.59. The molecule has 0 aromatic heterocycles. The number of likely N-dealkylation sites (tertiary alicyclic amines) is 1. The van der Waals surface area contributed by atoms with Gasteiger partial charge in [0, 0.05) is 38.6 Å². The van der Waals surface area contributed by atoms with Gasteiger partial charge in [-0.05, 0) is 30.9 Å². The maximum absolute atomic E-state index is 12.5. The quantitative estimate of drug-likeness (QED) is 0.517. The summed E-state index contributed by atoms with van der Waals surface area (Å²) in [5, 5.41) is 11.0. The van der Waals surface area contributed by atoms with Crippen LogP contribution in [0.15, 0.2) is 18.2 Å². The maximum atomic E-state index is 12.5. The lowest BCUT2D eigenvalue weighted by Gasteiger charge is -2.31. The lowest BCUT2D eigenvalue weighted by atomic mass is 9.97. The lowest BCUT2D eigenvalue weighted by Crippen LogP contribution is -2.39. The van der Waals surface area contributed by atoms with Crippen molar-refractivity contribution in [2.75, 3.05) is 32.5 Å². The van der Waals surface area contributed by atoms with Gasteiger partial charge in [-0.3, -0.25) is 14.9 Å². The van der Waals surface area contributed by atoms with Crippen LogP contribution in [0.4, 0.5) is 11.4 Å². The van der Waals surface area contributed by atoms with E-state index in [-0.39, 0.29) is 17.2 Å². The fourth-order valence-electron chi connectivity index (χ4n) is 2.59. The maximum Gasteiger partial charge on any atom is 0.282 e. The molecule has 114 valence electrons. The van der Waals surface area contributed by atoms with Crippen molar-refractivity contribution in [3.63, 3.8) is 0 Å². The van der Waals surface area contributed by atoms with Crippen LogP contribution in [0, 0.1) is 16.0 Å². The molecule has 1 aliphatic heterocycles. The summed E-state index contributed by atoms with van der Waals surface area (Å²) in [5.41, 5.74) is 5.85. The Morgan fingerprint density at radius 3 is 2.71 bits per heavy atom. The van der Waals surface area contributed by atoms with Crippen molar-refractivity contribution >= 4 is 17.3 Å². The monoisotopic (exact) mass is 293 g/mol. The van der Waals surface area contributed by atoms with Crippen molar-refractivity contribution in [1.82, 2.24) is 4.90 Å². The number of amides is 1. The van der Waals surface area contributed by atoms with Crippen molar-refractivity contribution in [3.05, 3.63) is 33.9 Å². The number of nitro groups is 1. The molecule has 7 nitrogen and oxygen atoms in total. The molecule has 0 radical (unpaired) electrons. The van der Waals surface area contributed by atoms with Gasteiger partial charge in [0.2, 0.25) is 0 Å². The summed E-state index contributed by atoms with van der Waals surface area (Å²) in [6, 6.07) is 4.09. The van der Waals surface area contributed by atoms with Gasteiger partial charge in [0.05, 0.1) is 4.92 Å². The SMILES string of the molecule is COCC1CCN(C(=O)c2cc(N)ccc2[N+](=O)[O-])CC1. The fraction of sp³-hybridized carbons (Fsp3) is 0.500. The van der Waals surface area contributed by atoms with Crippen molar-refractivity contribution in [1.29, 1.82) is 0 Å². The number of anilines is 1. The van der Waals surface area contributed by atoms with Crippen molar-refractivity contribution < 1.29 is 14.5 Å². The minimum Gasteiger partial charge on any atom is -0.399 e. The predicted octanol–water partition coefficient (Wildman–Crippen LogP) is 1.68. The Bertz CT molecular complexity index is 539. The molecule has 1 heterocycles. The molecule has 0 spiro atoms. The van der Waals surface area contributed by atoms with Crippen LogP contribution >= 0.6 is 0 Å². The van der Waals surface area contributed by atoms with Gasteiger partial charge in [-0.1, -0.05) is 0 Å². The number of nitrogens with two attached hydrogens (primary N) is 1. The van der Waals surface area contributed by atoms with E-state index in [4.69, 9.17) is 10.5 Å². The smallest absolute Gasteiger partial charge is 0.282 e. The number of hydrogen-bond donors (Lipinski definition) is 1. The second-order valence-corrected chi connectivity index (χ2v) is 5.22.